The average Bonchev–Trinajstić information content (AvgIpc) is 2.68. The summed E-state index contributed by atoms with van der Waals surface area (Å²) in [4.78, 5) is 19.7. The molecule has 0 unspecified atom stereocenters. The lowest BCUT2D eigenvalue weighted by atomic mass is 10.1. The normalized spacial score (nSPS) is 10.7. The third-order valence-electron chi connectivity index (χ3n) is 4.01. The molecule has 132 valence electrons. The first-order valence-electron chi connectivity index (χ1n) is 8.14. The van der Waals surface area contributed by atoms with Crippen LogP contribution in [0, 0.1) is 15.9 Å². The number of hydrogen-bond acceptors (Lipinski definition) is 5. The molecule has 1 aromatic heterocycles. The van der Waals surface area contributed by atoms with Gasteiger partial charge in [0.1, 0.15) is 11.6 Å². The van der Waals surface area contributed by atoms with E-state index in [2.05, 4.69) is 15.3 Å². The Bertz CT molecular complexity index is 1150. The van der Waals surface area contributed by atoms with Gasteiger partial charge in [-0.15, -0.1) is 0 Å². The van der Waals surface area contributed by atoms with Gasteiger partial charge in [0, 0.05) is 28.8 Å². The number of fused-ring (bicyclic) bond motifs is 1. The van der Waals surface area contributed by atoms with Crippen LogP contribution in [0.4, 0.5) is 21.6 Å². The fraction of sp³-hybridized carbons (Fsp3) is 0. The minimum absolute atomic E-state index is 0.0687. The number of nitro groups is 1. The summed E-state index contributed by atoms with van der Waals surface area (Å²) in [6.45, 7) is 0. The van der Waals surface area contributed by atoms with Crippen molar-refractivity contribution in [2.24, 2.45) is 0 Å². The van der Waals surface area contributed by atoms with Crippen LogP contribution in [-0.2, 0) is 0 Å². The Balaban J connectivity index is 1.91. The fourth-order valence-electron chi connectivity index (χ4n) is 2.74. The van der Waals surface area contributed by atoms with Gasteiger partial charge in [0.2, 0.25) is 0 Å². The molecule has 0 atom stereocenters. The number of non-ortho nitro benzene ring substituents is 1. The number of nitrogens with zero attached hydrogens (tertiary/aromatic N) is 3. The molecule has 1 N–H and O–H groups in total. The number of hydrogen-bond donors (Lipinski definition) is 1. The maximum absolute atomic E-state index is 13.5. The number of aromatic nitrogens is 2. The number of nitrogens with one attached hydrogen (secondary N) is 1. The number of rotatable bonds is 4. The summed E-state index contributed by atoms with van der Waals surface area (Å²) < 4.78 is 13.5. The first kappa shape index (κ1) is 16.6. The number of benzene rings is 3. The monoisotopic (exact) mass is 360 g/mol. The van der Waals surface area contributed by atoms with E-state index in [1.807, 2.05) is 30.3 Å². The van der Waals surface area contributed by atoms with E-state index in [9.17, 15) is 14.5 Å². The highest BCUT2D eigenvalue weighted by Crippen LogP contribution is 2.30. The molecule has 7 heteroatoms. The topological polar surface area (TPSA) is 81.0 Å². The Kier molecular flexibility index (Phi) is 4.18. The second-order valence-electron chi connectivity index (χ2n) is 5.86. The Hall–Kier alpha value is -3.87. The third-order valence-corrected chi connectivity index (χ3v) is 4.01. The Morgan fingerprint density at radius 2 is 1.74 bits per heavy atom. The molecule has 0 aliphatic rings. The lowest BCUT2D eigenvalue weighted by Crippen LogP contribution is -2.00. The quantitative estimate of drug-likeness (QED) is 0.405. The highest BCUT2D eigenvalue weighted by atomic mass is 19.1. The van der Waals surface area contributed by atoms with Crippen LogP contribution in [0.2, 0.25) is 0 Å². The van der Waals surface area contributed by atoms with E-state index in [1.165, 1.54) is 24.3 Å². The molecule has 0 amide bonds. The Morgan fingerprint density at radius 1 is 0.926 bits per heavy atom. The van der Waals surface area contributed by atoms with Crippen LogP contribution in [-0.4, -0.2) is 14.9 Å². The molecule has 0 aliphatic carbocycles. The summed E-state index contributed by atoms with van der Waals surface area (Å²) in [5.74, 6) is 0.441. The number of nitro benzene ring substituents is 1. The molecule has 3 aromatic carbocycles. The van der Waals surface area contributed by atoms with Crippen molar-refractivity contribution < 1.29 is 9.31 Å². The van der Waals surface area contributed by atoms with Crippen molar-refractivity contribution in [3.63, 3.8) is 0 Å². The van der Waals surface area contributed by atoms with Crippen LogP contribution in [0.1, 0.15) is 0 Å². The maximum Gasteiger partial charge on any atom is 0.270 e. The van der Waals surface area contributed by atoms with Gasteiger partial charge < -0.3 is 5.32 Å². The predicted octanol–water partition coefficient (Wildman–Crippen LogP) is 5.09. The maximum atomic E-state index is 13.5. The van der Waals surface area contributed by atoms with Crippen molar-refractivity contribution >= 4 is 28.1 Å². The molecule has 4 rings (SSSR count). The molecule has 0 saturated heterocycles. The zero-order valence-corrected chi connectivity index (χ0v) is 14.0. The smallest absolute Gasteiger partial charge is 0.270 e. The van der Waals surface area contributed by atoms with Crippen LogP contribution < -0.4 is 5.32 Å². The van der Waals surface area contributed by atoms with Crippen molar-refractivity contribution in [3.05, 3.63) is 88.7 Å². The van der Waals surface area contributed by atoms with Gasteiger partial charge in [-0.1, -0.05) is 36.4 Å². The lowest BCUT2D eigenvalue weighted by molar-refractivity contribution is -0.384. The largest absolute Gasteiger partial charge is 0.340 e. The van der Waals surface area contributed by atoms with Gasteiger partial charge in [0.25, 0.3) is 5.69 Å². The first-order valence-corrected chi connectivity index (χ1v) is 8.14. The molecular formula is C20H13FN4O2. The van der Waals surface area contributed by atoms with Crippen molar-refractivity contribution in [1.29, 1.82) is 0 Å². The van der Waals surface area contributed by atoms with Crippen molar-refractivity contribution in [3.8, 4) is 11.4 Å². The zero-order valence-electron chi connectivity index (χ0n) is 14.0. The first-order chi connectivity index (χ1) is 13.1. The fourth-order valence-corrected chi connectivity index (χ4v) is 2.74. The summed E-state index contributed by atoms with van der Waals surface area (Å²) in [6.07, 6.45) is 0. The van der Waals surface area contributed by atoms with E-state index < -0.39 is 10.7 Å². The number of anilines is 2. The van der Waals surface area contributed by atoms with Crippen LogP contribution >= 0.6 is 0 Å². The summed E-state index contributed by atoms with van der Waals surface area (Å²) in [5, 5.41) is 14.7. The van der Waals surface area contributed by atoms with Crippen molar-refractivity contribution in [1.82, 2.24) is 9.97 Å². The molecule has 0 saturated carbocycles. The van der Waals surface area contributed by atoms with E-state index in [4.69, 9.17) is 0 Å². The minimum Gasteiger partial charge on any atom is -0.340 e. The van der Waals surface area contributed by atoms with E-state index in [1.54, 1.807) is 18.2 Å². The summed E-state index contributed by atoms with van der Waals surface area (Å²) in [7, 11) is 0. The highest BCUT2D eigenvalue weighted by Gasteiger charge is 2.14. The van der Waals surface area contributed by atoms with Gasteiger partial charge in [-0.25, -0.2) is 14.4 Å². The molecule has 0 aliphatic heterocycles. The van der Waals surface area contributed by atoms with Crippen LogP contribution in [0.15, 0.2) is 72.8 Å². The summed E-state index contributed by atoms with van der Waals surface area (Å²) in [6, 6.07) is 19.7. The molecule has 0 bridgehead atoms. The van der Waals surface area contributed by atoms with E-state index in [-0.39, 0.29) is 5.69 Å². The predicted molar refractivity (Wildman–Crippen MR) is 101 cm³/mol. The minimum atomic E-state index is -0.476. The van der Waals surface area contributed by atoms with Gasteiger partial charge in [-0.3, -0.25) is 10.1 Å². The number of halogens is 1. The summed E-state index contributed by atoms with van der Waals surface area (Å²) in [5.41, 5.74) is 1.77. The molecule has 0 fully saturated rings. The molecular weight excluding hydrogens is 347 g/mol. The molecule has 0 spiro atoms. The SMILES string of the molecule is O=[N+]([O-])c1ccc2nc(-c3ccccc3)nc(Nc3cccc(F)c3)c2c1. The van der Waals surface area contributed by atoms with Gasteiger partial charge in [-0.2, -0.15) is 0 Å². The lowest BCUT2D eigenvalue weighted by Gasteiger charge is -2.11. The van der Waals surface area contributed by atoms with E-state index in [0.29, 0.717) is 28.2 Å². The molecule has 0 radical (unpaired) electrons. The van der Waals surface area contributed by atoms with Gasteiger partial charge in [-0.05, 0) is 24.3 Å². The molecule has 1 heterocycles. The van der Waals surface area contributed by atoms with Crippen LogP contribution in [0.3, 0.4) is 0 Å². The van der Waals surface area contributed by atoms with E-state index >= 15 is 0 Å². The average molecular weight is 360 g/mol. The zero-order chi connectivity index (χ0) is 18.8. The summed E-state index contributed by atoms with van der Waals surface area (Å²) >= 11 is 0. The third kappa shape index (κ3) is 3.43. The Labute approximate surface area is 153 Å². The second kappa shape index (κ2) is 6.80. The molecule has 4 aromatic rings. The van der Waals surface area contributed by atoms with Crippen molar-refractivity contribution in [2.75, 3.05) is 5.32 Å². The van der Waals surface area contributed by atoms with E-state index in [0.717, 1.165) is 5.56 Å². The molecule has 6 nitrogen and oxygen atoms in total. The van der Waals surface area contributed by atoms with Crippen LogP contribution in [0.5, 0.6) is 0 Å². The highest BCUT2D eigenvalue weighted by molar-refractivity contribution is 5.93. The van der Waals surface area contributed by atoms with Crippen molar-refractivity contribution in [2.45, 2.75) is 0 Å². The second-order valence-corrected chi connectivity index (χ2v) is 5.86. The Morgan fingerprint density at radius 3 is 2.48 bits per heavy atom. The van der Waals surface area contributed by atoms with Gasteiger partial charge in [0.05, 0.1) is 10.4 Å². The van der Waals surface area contributed by atoms with Gasteiger partial charge >= 0.3 is 0 Å². The van der Waals surface area contributed by atoms with Gasteiger partial charge in [0.15, 0.2) is 5.82 Å². The molecule has 27 heavy (non-hydrogen) atoms. The standard InChI is InChI=1S/C20H13FN4O2/c21-14-7-4-8-15(11-14)22-20-17-12-16(25(26)27)9-10-18(17)23-19(24-20)13-5-2-1-3-6-13/h1-12H,(H,22,23,24). The van der Waals surface area contributed by atoms with Crippen LogP contribution in [0.25, 0.3) is 22.3 Å².